The van der Waals surface area contributed by atoms with Gasteiger partial charge in [0.2, 0.25) is 0 Å². The summed E-state index contributed by atoms with van der Waals surface area (Å²) in [5, 5.41) is 2.87. The number of carbonyl (C=O) groups excluding carboxylic acids is 1. The van der Waals surface area contributed by atoms with Gasteiger partial charge in [-0.25, -0.2) is 0 Å². The summed E-state index contributed by atoms with van der Waals surface area (Å²) in [5.74, 6) is 1.79. The first-order chi connectivity index (χ1) is 11.8. The molecule has 0 saturated carbocycles. The van der Waals surface area contributed by atoms with E-state index in [1.165, 1.54) is 42.3 Å². The molecule has 0 fully saturated rings. The van der Waals surface area contributed by atoms with Crippen LogP contribution in [0.5, 0.6) is 0 Å². The highest BCUT2D eigenvalue weighted by molar-refractivity contribution is 8.13. The third-order valence-electron chi connectivity index (χ3n) is 3.46. The van der Waals surface area contributed by atoms with Gasteiger partial charge in [0, 0.05) is 28.7 Å². The van der Waals surface area contributed by atoms with E-state index in [-0.39, 0.29) is 5.24 Å². The molecular formula is C19H24N2OS2. The van der Waals surface area contributed by atoms with Crippen molar-refractivity contribution >= 4 is 34.5 Å². The molecule has 2 aromatic rings. The molecule has 0 spiro atoms. The summed E-state index contributed by atoms with van der Waals surface area (Å²) in [7, 11) is 0. The van der Waals surface area contributed by atoms with E-state index in [1.807, 2.05) is 36.0 Å². The first-order valence-corrected chi connectivity index (χ1v) is 10.3. The highest BCUT2D eigenvalue weighted by Crippen LogP contribution is 2.23. The standard InChI is InChI=1S/C19H24N2OS2/c1-2-3-4-5-13-23-18-10-8-17(9-11-18)21-19(22)24-15-16-7-6-12-20-14-16/h6-12,14H,2-5,13,15H2,1H3,(H,21,22). The number of pyridine rings is 1. The number of nitrogens with zero attached hydrogens (tertiary/aromatic N) is 1. The van der Waals surface area contributed by atoms with Gasteiger partial charge in [0.15, 0.2) is 0 Å². The molecule has 24 heavy (non-hydrogen) atoms. The van der Waals surface area contributed by atoms with Crippen molar-refractivity contribution in [2.45, 2.75) is 43.3 Å². The number of aromatic nitrogens is 1. The molecule has 128 valence electrons. The van der Waals surface area contributed by atoms with Crippen molar-refractivity contribution in [2.75, 3.05) is 11.1 Å². The molecule has 0 atom stereocenters. The van der Waals surface area contributed by atoms with Crippen LogP contribution >= 0.6 is 23.5 Å². The molecule has 1 N–H and O–H groups in total. The molecule has 1 aromatic heterocycles. The van der Waals surface area contributed by atoms with Crippen LogP contribution in [0.2, 0.25) is 0 Å². The van der Waals surface area contributed by atoms with Crippen molar-refractivity contribution < 1.29 is 4.79 Å². The summed E-state index contributed by atoms with van der Waals surface area (Å²) < 4.78 is 0. The summed E-state index contributed by atoms with van der Waals surface area (Å²) in [4.78, 5) is 17.3. The van der Waals surface area contributed by atoms with E-state index in [0.717, 1.165) is 17.0 Å². The van der Waals surface area contributed by atoms with Gasteiger partial charge in [-0.1, -0.05) is 44.0 Å². The van der Waals surface area contributed by atoms with Gasteiger partial charge < -0.3 is 5.32 Å². The van der Waals surface area contributed by atoms with E-state index in [9.17, 15) is 4.79 Å². The van der Waals surface area contributed by atoms with E-state index in [2.05, 4.69) is 29.4 Å². The summed E-state index contributed by atoms with van der Waals surface area (Å²) in [6.07, 6.45) is 8.69. The largest absolute Gasteiger partial charge is 0.317 e. The highest BCUT2D eigenvalue weighted by atomic mass is 32.2. The predicted molar refractivity (Wildman–Crippen MR) is 106 cm³/mol. The first-order valence-electron chi connectivity index (χ1n) is 8.33. The zero-order valence-electron chi connectivity index (χ0n) is 14.0. The lowest BCUT2D eigenvalue weighted by Crippen LogP contribution is -2.05. The fourth-order valence-corrected chi connectivity index (χ4v) is 3.71. The first kappa shape index (κ1) is 18.9. The van der Waals surface area contributed by atoms with Crippen molar-refractivity contribution in [3.63, 3.8) is 0 Å². The van der Waals surface area contributed by atoms with Crippen LogP contribution in [0.4, 0.5) is 10.5 Å². The van der Waals surface area contributed by atoms with Crippen molar-refractivity contribution in [3.8, 4) is 0 Å². The minimum Gasteiger partial charge on any atom is -0.317 e. The second-order valence-corrected chi connectivity index (χ2v) is 7.61. The minimum absolute atomic E-state index is 0.0428. The Labute approximate surface area is 153 Å². The van der Waals surface area contributed by atoms with Crippen LogP contribution in [-0.4, -0.2) is 16.0 Å². The molecule has 1 heterocycles. The lowest BCUT2D eigenvalue weighted by atomic mass is 10.2. The maximum atomic E-state index is 12.0. The number of nitrogens with one attached hydrogen (secondary N) is 1. The average Bonchev–Trinajstić information content (AvgIpc) is 2.62. The predicted octanol–water partition coefficient (Wildman–Crippen LogP) is 6.22. The molecular weight excluding hydrogens is 336 g/mol. The molecule has 0 radical (unpaired) electrons. The molecule has 0 aliphatic carbocycles. The summed E-state index contributed by atoms with van der Waals surface area (Å²) >= 11 is 3.14. The van der Waals surface area contributed by atoms with Crippen molar-refractivity contribution in [3.05, 3.63) is 54.4 Å². The smallest absolute Gasteiger partial charge is 0.283 e. The summed E-state index contributed by atoms with van der Waals surface area (Å²) in [6, 6.07) is 11.9. The van der Waals surface area contributed by atoms with Crippen LogP contribution in [0.3, 0.4) is 0 Å². The summed E-state index contributed by atoms with van der Waals surface area (Å²) in [6.45, 7) is 2.23. The third-order valence-corrected chi connectivity index (χ3v) is 5.40. The minimum atomic E-state index is -0.0428. The van der Waals surface area contributed by atoms with Crippen molar-refractivity contribution in [1.82, 2.24) is 4.98 Å². The molecule has 0 unspecified atom stereocenters. The second kappa shape index (κ2) is 11.2. The fraction of sp³-hybridized carbons (Fsp3) is 0.368. The van der Waals surface area contributed by atoms with Gasteiger partial charge in [-0.2, -0.15) is 0 Å². The quantitative estimate of drug-likeness (QED) is 0.426. The van der Waals surface area contributed by atoms with Crippen molar-refractivity contribution in [1.29, 1.82) is 0 Å². The Morgan fingerprint density at radius 3 is 2.67 bits per heavy atom. The lowest BCUT2D eigenvalue weighted by molar-refractivity contribution is 0.269. The topological polar surface area (TPSA) is 42.0 Å². The van der Waals surface area contributed by atoms with Crippen LogP contribution in [-0.2, 0) is 5.75 Å². The molecule has 5 heteroatoms. The number of hydrogen-bond acceptors (Lipinski definition) is 4. The summed E-state index contributed by atoms with van der Waals surface area (Å²) in [5.41, 5.74) is 1.89. The van der Waals surface area contributed by atoms with E-state index in [1.54, 1.807) is 12.4 Å². The Kier molecular flexibility index (Phi) is 8.77. The number of hydrogen-bond donors (Lipinski definition) is 1. The van der Waals surface area contributed by atoms with Crippen LogP contribution < -0.4 is 5.32 Å². The molecule has 1 amide bonds. The van der Waals surface area contributed by atoms with Gasteiger partial charge in [0.1, 0.15) is 0 Å². The Morgan fingerprint density at radius 2 is 1.96 bits per heavy atom. The van der Waals surface area contributed by atoms with Gasteiger partial charge in [-0.05, 0) is 48.1 Å². The van der Waals surface area contributed by atoms with Gasteiger partial charge in [0.25, 0.3) is 5.24 Å². The average molecular weight is 361 g/mol. The van der Waals surface area contributed by atoms with Gasteiger partial charge in [-0.3, -0.25) is 9.78 Å². The highest BCUT2D eigenvalue weighted by Gasteiger charge is 2.04. The van der Waals surface area contributed by atoms with Gasteiger partial charge >= 0.3 is 0 Å². The second-order valence-electron chi connectivity index (χ2n) is 5.50. The van der Waals surface area contributed by atoms with Gasteiger partial charge in [0.05, 0.1) is 0 Å². The number of unbranched alkanes of at least 4 members (excludes halogenated alkanes) is 3. The fourth-order valence-electron chi connectivity index (χ4n) is 2.14. The number of rotatable bonds is 9. The van der Waals surface area contributed by atoms with Crippen LogP contribution in [0.25, 0.3) is 0 Å². The number of thioether (sulfide) groups is 2. The Hall–Kier alpha value is -1.46. The Bertz CT molecular complexity index is 603. The van der Waals surface area contributed by atoms with Crippen LogP contribution in [0.15, 0.2) is 53.7 Å². The number of amides is 1. The zero-order valence-corrected chi connectivity index (χ0v) is 15.7. The maximum Gasteiger partial charge on any atom is 0.283 e. The molecule has 0 bridgehead atoms. The maximum absolute atomic E-state index is 12.0. The monoisotopic (exact) mass is 360 g/mol. The number of benzene rings is 1. The Morgan fingerprint density at radius 1 is 1.12 bits per heavy atom. The molecule has 0 aliphatic rings. The number of carbonyl (C=O) groups is 1. The van der Waals surface area contributed by atoms with Gasteiger partial charge in [-0.15, -0.1) is 11.8 Å². The SMILES string of the molecule is CCCCCCSc1ccc(NC(=O)SCc2cccnc2)cc1. The zero-order chi connectivity index (χ0) is 17.0. The van der Waals surface area contributed by atoms with Crippen LogP contribution in [0.1, 0.15) is 38.2 Å². The lowest BCUT2D eigenvalue weighted by Gasteiger charge is -2.06. The molecule has 3 nitrogen and oxygen atoms in total. The molecule has 0 saturated heterocycles. The van der Waals surface area contributed by atoms with Crippen molar-refractivity contribution in [2.24, 2.45) is 0 Å². The molecule has 1 aromatic carbocycles. The van der Waals surface area contributed by atoms with E-state index >= 15 is 0 Å². The molecule has 0 aliphatic heterocycles. The number of anilines is 1. The van der Waals surface area contributed by atoms with E-state index in [0.29, 0.717) is 5.75 Å². The third kappa shape index (κ3) is 7.41. The van der Waals surface area contributed by atoms with E-state index in [4.69, 9.17) is 0 Å². The molecule has 2 rings (SSSR count). The Balaban J connectivity index is 1.69. The van der Waals surface area contributed by atoms with E-state index < -0.39 is 0 Å². The van der Waals surface area contributed by atoms with Crippen LogP contribution in [0, 0.1) is 0 Å². The normalized spacial score (nSPS) is 10.5.